The summed E-state index contributed by atoms with van der Waals surface area (Å²) in [6.07, 6.45) is 6.11. The van der Waals surface area contributed by atoms with Crippen molar-refractivity contribution in [1.29, 1.82) is 0 Å². The minimum Gasteiger partial charge on any atom is -0.387 e. The number of aromatic nitrogens is 2. The highest BCUT2D eigenvalue weighted by Crippen LogP contribution is 2.33. The highest BCUT2D eigenvalue weighted by molar-refractivity contribution is 5.24. The van der Waals surface area contributed by atoms with E-state index in [1.165, 1.54) is 5.56 Å². The van der Waals surface area contributed by atoms with Crippen LogP contribution in [0.4, 0.5) is 0 Å². The van der Waals surface area contributed by atoms with Gasteiger partial charge in [-0.1, -0.05) is 31.2 Å². The predicted octanol–water partition coefficient (Wildman–Crippen LogP) is 2.28. The molecule has 0 saturated heterocycles. The Hall–Kier alpha value is -1.81. The molecule has 1 unspecified atom stereocenters. The van der Waals surface area contributed by atoms with Gasteiger partial charge in [0.25, 0.3) is 0 Å². The third-order valence-electron chi connectivity index (χ3n) is 3.96. The van der Waals surface area contributed by atoms with Crippen LogP contribution in [0.15, 0.2) is 41.5 Å². The normalized spacial score (nSPS) is 16.3. The summed E-state index contributed by atoms with van der Waals surface area (Å²) in [5, 5.41) is 10.3. The minimum atomic E-state index is -0.645. The molecule has 1 aromatic carbocycles. The van der Waals surface area contributed by atoms with E-state index in [4.69, 9.17) is 0 Å². The quantitative estimate of drug-likeness (QED) is 0.907. The molecule has 20 heavy (non-hydrogen) atoms. The molecule has 1 N–H and O–H groups in total. The lowest BCUT2D eigenvalue weighted by Crippen LogP contribution is -2.25. The number of rotatable bonds is 5. The van der Waals surface area contributed by atoms with Crippen LogP contribution in [0.2, 0.25) is 0 Å². The molecule has 0 bridgehead atoms. The molecule has 0 radical (unpaired) electrons. The van der Waals surface area contributed by atoms with Gasteiger partial charge in [-0.3, -0.25) is 9.13 Å². The van der Waals surface area contributed by atoms with Crippen molar-refractivity contribution >= 4 is 0 Å². The fourth-order valence-corrected chi connectivity index (χ4v) is 2.46. The molecule has 0 amide bonds. The van der Waals surface area contributed by atoms with E-state index in [0.29, 0.717) is 12.6 Å². The topological polar surface area (TPSA) is 47.2 Å². The Kier molecular flexibility index (Phi) is 3.49. The van der Waals surface area contributed by atoms with E-state index in [1.807, 2.05) is 30.5 Å². The molecule has 4 nitrogen and oxygen atoms in total. The van der Waals surface area contributed by atoms with Crippen LogP contribution in [0, 0.1) is 0 Å². The molecular weight excluding hydrogens is 252 g/mol. The van der Waals surface area contributed by atoms with E-state index in [1.54, 1.807) is 15.3 Å². The Morgan fingerprint density at radius 2 is 1.95 bits per heavy atom. The Balaban J connectivity index is 1.74. The van der Waals surface area contributed by atoms with Crippen molar-refractivity contribution in [2.75, 3.05) is 0 Å². The highest BCUT2D eigenvalue weighted by atomic mass is 16.3. The van der Waals surface area contributed by atoms with Crippen LogP contribution in [0.1, 0.15) is 43.0 Å². The van der Waals surface area contributed by atoms with Gasteiger partial charge in [-0.25, -0.2) is 4.79 Å². The van der Waals surface area contributed by atoms with E-state index in [2.05, 4.69) is 6.92 Å². The summed E-state index contributed by atoms with van der Waals surface area (Å²) in [6, 6.07) is 8.30. The van der Waals surface area contributed by atoms with Gasteiger partial charge in [0.05, 0.1) is 12.6 Å². The second kappa shape index (κ2) is 5.29. The van der Waals surface area contributed by atoms with Gasteiger partial charge in [0.2, 0.25) is 0 Å². The summed E-state index contributed by atoms with van der Waals surface area (Å²) < 4.78 is 3.36. The van der Waals surface area contributed by atoms with E-state index in [0.717, 1.165) is 24.8 Å². The maximum Gasteiger partial charge on any atom is 0.328 e. The monoisotopic (exact) mass is 272 g/mol. The van der Waals surface area contributed by atoms with Crippen molar-refractivity contribution < 1.29 is 5.11 Å². The van der Waals surface area contributed by atoms with Gasteiger partial charge >= 0.3 is 5.69 Å². The number of imidazole rings is 1. The van der Waals surface area contributed by atoms with Gasteiger partial charge in [-0.2, -0.15) is 0 Å². The summed E-state index contributed by atoms with van der Waals surface area (Å²) >= 11 is 0. The predicted molar refractivity (Wildman–Crippen MR) is 77.7 cm³/mol. The molecular formula is C16H20N2O2. The summed E-state index contributed by atoms with van der Waals surface area (Å²) in [6.45, 7) is 2.41. The number of aliphatic hydroxyl groups excluding tert-OH is 1. The van der Waals surface area contributed by atoms with Gasteiger partial charge in [0.1, 0.15) is 0 Å². The number of benzene rings is 1. The zero-order chi connectivity index (χ0) is 14.1. The van der Waals surface area contributed by atoms with Crippen LogP contribution in [0.3, 0.4) is 0 Å². The van der Waals surface area contributed by atoms with Crippen molar-refractivity contribution in [3.63, 3.8) is 0 Å². The third kappa shape index (κ3) is 2.56. The average Bonchev–Trinajstić information content (AvgIpc) is 3.25. The first kappa shape index (κ1) is 13.2. The lowest BCUT2D eigenvalue weighted by atomic mass is 10.1. The molecule has 106 valence electrons. The minimum absolute atomic E-state index is 0.0169. The van der Waals surface area contributed by atoms with Gasteiger partial charge in [-0.05, 0) is 30.4 Å². The van der Waals surface area contributed by atoms with Crippen LogP contribution >= 0.6 is 0 Å². The summed E-state index contributed by atoms with van der Waals surface area (Å²) in [5.74, 6) is 0. The summed E-state index contributed by atoms with van der Waals surface area (Å²) in [4.78, 5) is 12.1. The van der Waals surface area contributed by atoms with E-state index >= 15 is 0 Å². The number of aryl methyl sites for hydroxylation is 1. The van der Waals surface area contributed by atoms with Crippen molar-refractivity contribution in [2.45, 2.75) is 44.9 Å². The molecule has 1 saturated carbocycles. The van der Waals surface area contributed by atoms with Crippen LogP contribution in [0.5, 0.6) is 0 Å². The molecule has 0 aliphatic heterocycles. The molecule has 1 fully saturated rings. The zero-order valence-corrected chi connectivity index (χ0v) is 11.7. The molecule has 2 aromatic rings. The van der Waals surface area contributed by atoms with Crippen molar-refractivity contribution in [2.24, 2.45) is 0 Å². The van der Waals surface area contributed by atoms with E-state index in [9.17, 15) is 9.90 Å². The van der Waals surface area contributed by atoms with Crippen molar-refractivity contribution in [3.05, 3.63) is 58.3 Å². The maximum atomic E-state index is 12.1. The first-order valence-corrected chi connectivity index (χ1v) is 7.23. The van der Waals surface area contributed by atoms with E-state index < -0.39 is 6.10 Å². The van der Waals surface area contributed by atoms with Gasteiger partial charge in [-0.15, -0.1) is 0 Å². The Bertz CT molecular complexity index is 635. The molecule has 3 rings (SSSR count). The second-order valence-corrected chi connectivity index (χ2v) is 5.48. The van der Waals surface area contributed by atoms with E-state index in [-0.39, 0.29) is 5.69 Å². The molecule has 1 aliphatic carbocycles. The zero-order valence-electron chi connectivity index (χ0n) is 11.7. The lowest BCUT2D eigenvalue weighted by molar-refractivity contribution is 0.155. The molecule has 1 heterocycles. The first-order valence-electron chi connectivity index (χ1n) is 7.23. The Morgan fingerprint density at radius 1 is 1.25 bits per heavy atom. The van der Waals surface area contributed by atoms with Gasteiger partial charge in [0, 0.05) is 18.4 Å². The van der Waals surface area contributed by atoms with Crippen LogP contribution in [-0.4, -0.2) is 14.2 Å². The number of nitrogens with zero attached hydrogens (tertiary/aromatic N) is 2. The standard InChI is InChI=1S/C16H20N2O2/c1-2-12-3-5-13(6-4-12)15(19)11-17-9-10-18(16(17)20)14-7-8-14/h3-6,9-10,14-15,19H,2,7-8,11H2,1H3. The molecule has 1 atom stereocenters. The molecule has 0 spiro atoms. The number of aliphatic hydroxyl groups is 1. The number of hydrogen-bond acceptors (Lipinski definition) is 2. The van der Waals surface area contributed by atoms with Crippen LogP contribution in [0.25, 0.3) is 0 Å². The Labute approximate surface area is 118 Å². The second-order valence-electron chi connectivity index (χ2n) is 5.48. The first-order chi connectivity index (χ1) is 9.69. The Morgan fingerprint density at radius 3 is 2.55 bits per heavy atom. The fourth-order valence-electron chi connectivity index (χ4n) is 2.46. The fraction of sp³-hybridized carbons (Fsp3) is 0.438. The van der Waals surface area contributed by atoms with Crippen molar-refractivity contribution in [1.82, 2.24) is 9.13 Å². The third-order valence-corrected chi connectivity index (χ3v) is 3.96. The summed E-state index contributed by atoms with van der Waals surface area (Å²) in [7, 11) is 0. The number of hydrogen-bond donors (Lipinski definition) is 1. The largest absolute Gasteiger partial charge is 0.387 e. The molecule has 1 aliphatic rings. The smallest absolute Gasteiger partial charge is 0.328 e. The SMILES string of the molecule is CCc1ccc(C(O)Cn2ccn(C3CC3)c2=O)cc1. The molecule has 1 aromatic heterocycles. The summed E-state index contributed by atoms with van der Waals surface area (Å²) in [5.41, 5.74) is 2.09. The van der Waals surface area contributed by atoms with Gasteiger partial charge in [0.15, 0.2) is 0 Å². The average molecular weight is 272 g/mol. The highest BCUT2D eigenvalue weighted by Gasteiger charge is 2.25. The van der Waals surface area contributed by atoms with Crippen molar-refractivity contribution in [3.8, 4) is 0 Å². The lowest BCUT2D eigenvalue weighted by Gasteiger charge is -2.11. The molecule has 4 heteroatoms. The van der Waals surface area contributed by atoms with Crippen LogP contribution in [-0.2, 0) is 13.0 Å². The maximum absolute atomic E-state index is 12.1. The van der Waals surface area contributed by atoms with Gasteiger partial charge < -0.3 is 5.11 Å². The van der Waals surface area contributed by atoms with Crippen LogP contribution < -0.4 is 5.69 Å².